The molecule has 2 rings (SSSR count). The summed E-state index contributed by atoms with van der Waals surface area (Å²) in [6, 6.07) is 0. The summed E-state index contributed by atoms with van der Waals surface area (Å²) in [6.07, 6.45) is 3.84. The van der Waals surface area contributed by atoms with E-state index in [9.17, 15) is 0 Å². The summed E-state index contributed by atoms with van der Waals surface area (Å²) in [4.78, 5) is 4.24. The van der Waals surface area contributed by atoms with Crippen molar-refractivity contribution in [1.82, 2.24) is 10.3 Å². The zero-order valence-electron chi connectivity index (χ0n) is 9.07. The molecule has 0 bridgehead atoms. The summed E-state index contributed by atoms with van der Waals surface area (Å²) in [6.45, 7) is 4.21. The van der Waals surface area contributed by atoms with Crippen molar-refractivity contribution in [1.29, 1.82) is 0 Å². The Labute approximate surface area is 89.7 Å². The van der Waals surface area contributed by atoms with Crippen LogP contribution >= 0.6 is 0 Å². The predicted octanol–water partition coefficient (Wildman–Crippen LogP) is 0.922. The highest BCUT2D eigenvalue weighted by molar-refractivity contribution is 5.01. The summed E-state index contributed by atoms with van der Waals surface area (Å²) in [5, 5.41) is 12.3. The minimum atomic E-state index is 0.0490. The van der Waals surface area contributed by atoms with Gasteiger partial charge >= 0.3 is 0 Å². The fourth-order valence-electron chi connectivity index (χ4n) is 1.87. The topological polar surface area (TPSA) is 58.3 Å². The Morgan fingerprint density at radius 1 is 1.73 bits per heavy atom. The van der Waals surface area contributed by atoms with Gasteiger partial charge in [-0.25, -0.2) is 4.98 Å². The molecule has 2 atom stereocenters. The first-order valence-electron chi connectivity index (χ1n) is 5.55. The minimum Gasteiger partial charge on any atom is -0.445 e. The molecule has 0 amide bonds. The smallest absolute Gasteiger partial charge is 0.194 e. The fourth-order valence-corrected chi connectivity index (χ4v) is 1.87. The molecule has 15 heavy (non-hydrogen) atoms. The number of nitrogens with zero attached hydrogens (tertiary/aromatic N) is 1. The quantitative estimate of drug-likeness (QED) is 0.776. The normalized spacial score (nSPS) is 23.2. The standard InChI is InChI=1S/C11H18N2O2/c1-8(7-14)10-6-13-11(15-10)4-9-2-3-12-5-9/h6,8-9,12,14H,2-5,7H2,1H3. The van der Waals surface area contributed by atoms with Gasteiger partial charge in [0.25, 0.3) is 0 Å². The van der Waals surface area contributed by atoms with Crippen LogP contribution in [0.5, 0.6) is 0 Å². The van der Waals surface area contributed by atoms with Crippen molar-refractivity contribution >= 4 is 0 Å². The molecule has 0 radical (unpaired) electrons. The van der Waals surface area contributed by atoms with Gasteiger partial charge < -0.3 is 14.8 Å². The van der Waals surface area contributed by atoms with Gasteiger partial charge in [-0.05, 0) is 25.4 Å². The van der Waals surface area contributed by atoms with Gasteiger partial charge in [0.15, 0.2) is 5.89 Å². The van der Waals surface area contributed by atoms with Crippen LogP contribution in [0.2, 0.25) is 0 Å². The fraction of sp³-hybridized carbons (Fsp3) is 0.727. The average Bonchev–Trinajstić information content (AvgIpc) is 2.88. The van der Waals surface area contributed by atoms with E-state index in [4.69, 9.17) is 9.52 Å². The molecular formula is C11H18N2O2. The lowest BCUT2D eigenvalue weighted by Crippen LogP contribution is -2.10. The lowest BCUT2D eigenvalue weighted by Gasteiger charge is -2.04. The van der Waals surface area contributed by atoms with E-state index < -0.39 is 0 Å². The Hall–Kier alpha value is -0.870. The van der Waals surface area contributed by atoms with Crippen molar-refractivity contribution < 1.29 is 9.52 Å². The van der Waals surface area contributed by atoms with E-state index in [0.717, 1.165) is 31.2 Å². The third-order valence-electron chi connectivity index (χ3n) is 2.96. The molecular weight excluding hydrogens is 192 g/mol. The van der Waals surface area contributed by atoms with E-state index in [1.165, 1.54) is 6.42 Å². The number of aromatic nitrogens is 1. The molecule has 2 heterocycles. The van der Waals surface area contributed by atoms with Crippen molar-refractivity contribution in [3.05, 3.63) is 17.8 Å². The van der Waals surface area contributed by atoms with E-state index in [1.54, 1.807) is 6.20 Å². The summed E-state index contributed by atoms with van der Waals surface area (Å²) >= 11 is 0. The number of aliphatic hydroxyl groups is 1. The lowest BCUT2D eigenvalue weighted by atomic mass is 10.1. The van der Waals surface area contributed by atoms with Gasteiger partial charge in [0, 0.05) is 12.3 Å². The van der Waals surface area contributed by atoms with Crippen molar-refractivity contribution in [3.63, 3.8) is 0 Å². The first kappa shape index (κ1) is 10.6. The molecule has 0 aromatic carbocycles. The molecule has 1 aliphatic rings. The van der Waals surface area contributed by atoms with E-state index >= 15 is 0 Å². The Morgan fingerprint density at radius 2 is 2.60 bits per heavy atom. The van der Waals surface area contributed by atoms with Crippen LogP contribution in [0.3, 0.4) is 0 Å². The Morgan fingerprint density at radius 3 is 3.27 bits per heavy atom. The molecule has 1 aliphatic heterocycles. The molecule has 1 aromatic heterocycles. The van der Waals surface area contributed by atoms with Gasteiger partial charge in [0.2, 0.25) is 0 Å². The van der Waals surface area contributed by atoms with Crippen LogP contribution in [0.15, 0.2) is 10.6 Å². The molecule has 4 heteroatoms. The highest BCUT2D eigenvalue weighted by Gasteiger charge is 2.18. The van der Waals surface area contributed by atoms with E-state index in [2.05, 4.69) is 10.3 Å². The van der Waals surface area contributed by atoms with Crippen molar-refractivity contribution in [2.75, 3.05) is 19.7 Å². The SMILES string of the molecule is CC(CO)c1cnc(CC2CCNC2)o1. The average molecular weight is 210 g/mol. The summed E-state index contributed by atoms with van der Waals surface area (Å²) in [7, 11) is 0. The minimum absolute atomic E-state index is 0.0490. The molecule has 84 valence electrons. The number of hydrogen-bond donors (Lipinski definition) is 2. The maximum atomic E-state index is 8.98. The number of hydrogen-bond acceptors (Lipinski definition) is 4. The van der Waals surface area contributed by atoms with E-state index in [0.29, 0.717) is 5.92 Å². The molecule has 1 aromatic rings. The first-order chi connectivity index (χ1) is 7.29. The monoisotopic (exact) mass is 210 g/mol. The third-order valence-corrected chi connectivity index (χ3v) is 2.96. The highest BCUT2D eigenvalue weighted by Crippen LogP contribution is 2.19. The van der Waals surface area contributed by atoms with E-state index in [-0.39, 0.29) is 12.5 Å². The second-order valence-electron chi connectivity index (χ2n) is 4.30. The number of nitrogens with one attached hydrogen (secondary N) is 1. The molecule has 0 saturated carbocycles. The van der Waals surface area contributed by atoms with Gasteiger partial charge in [-0.2, -0.15) is 0 Å². The van der Waals surface area contributed by atoms with Crippen LogP contribution < -0.4 is 5.32 Å². The molecule has 4 nitrogen and oxygen atoms in total. The molecule has 0 spiro atoms. The molecule has 2 unspecified atom stereocenters. The van der Waals surface area contributed by atoms with Crippen LogP contribution in [-0.4, -0.2) is 29.8 Å². The van der Waals surface area contributed by atoms with Gasteiger partial charge in [-0.15, -0.1) is 0 Å². The number of oxazole rings is 1. The zero-order chi connectivity index (χ0) is 10.7. The number of rotatable bonds is 4. The van der Waals surface area contributed by atoms with Crippen LogP contribution in [0.4, 0.5) is 0 Å². The van der Waals surface area contributed by atoms with Crippen molar-refractivity contribution in [2.24, 2.45) is 5.92 Å². The molecule has 1 saturated heterocycles. The predicted molar refractivity (Wildman–Crippen MR) is 56.7 cm³/mol. The van der Waals surface area contributed by atoms with Crippen LogP contribution in [0, 0.1) is 5.92 Å². The maximum absolute atomic E-state index is 8.98. The van der Waals surface area contributed by atoms with Gasteiger partial charge in [0.1, 0.15) is 5.76 Å². The third kappa shape index (κ3) is 2.58. The molecule has 1 fully saturated rings. The molecule has 2 N–H and O–H groups in total. The van der Waals surface area contributed by atoms with Crippen LogP contribution in [0.25, 0.3) is 0 Å². The Kier molecular flexibility index (Phi) is 3.38. The molecule has 0 aliphatic carbocycles. The largest absolute Gasteiger partial charge is 0.445 e. The summed E-state index contributed by atoms with van der Waals surface area (Å²) in [5.41, 5.74) is 0. The first-order valence-corrected chi connectivity index (χ1v) is 5.55. The van der Waals surface area contributed by atoms with Crippen LogP contribution in [0.1, 0.15) is 30.9 Å². The highest BCUT2D eigenvalue weighted by atomic mass is 16.4. The van der Waals surface area contributed by atoms with Gasteiger partial charge in [-0.1, -0.05) is 6.92 Å². The van der Waals surface area contributed by atoms with Crippen LogP contribution in [-0.2, 0) is 6.42 Å². The second kappa shape index (κ2) is 4.77. The van der Waals surface area contributed by atoms with Gasteiger partial charge in [-0.3, -0.25) is 0 Å². The second-order valence-corrected chi connectivity index (χ2v) is 4.30. The van der Waals surface area contributed by atoms with Crippen molar-refractivity contribution in [3.8, 4) is 0 Å². The Bertz CT molecular complexity index is 305. The zero-order valence-corrected chi connectivity index (χ0v) is 9.07. The Balaban J connectivity index is 1.94. The van der Waals surface area contributed by atoms with Crippen molar-refractivity contribution in [2.45, 2.75) is 25.7 Å². The number of aliphatic hydroxyl groups excluding tert-OH is 1. The summed E-state index contributed by atoms with van der Waals surface area (Å²) in [5.74, 6) is 2.30. The summed E-state index contributed by atoms with van der Waals surface area (Å²) < 4.78 is 5.60. The van der Waals surface area contributed by atoms with E-state index in [1.807, 2.05) is 6.92 Å². The maximum Gasteiger partial charge on any atom is 0.194 e. The lowest BCUT2D eigenvalue weighted by molar-refractivity contribution is 0.254. The van der Waals surface area contributed by atoms with Gasteiger partial charge in [0.05, 0.1) is 12.8 Å².